The summed E-state index contributed by atoms with van der Waals surface area (Å²) in [6, 6.07) is 0.468. The van der Waals surface area contributed by atoms with E-state index < -0.39 is 0 Å². The first-order valence-electron chi connectivity index (χ1n) is 6.24. The van der Waals surface area contributed by atoms with E-state index in [0.29, 0.717) is 11.9 Å². The van der Waals surface area contributed by atoms with Gasteiger partial charge in [-0.2, -0.15) is 11.8 Å². The zero-order valence-corrected chi connectivity index (χ0v) is 11.2. The van der Waals surface area contributed by atoms with E-state index >= 15 is 0 Å². The second-order valence-corrected chi connectivity index (χ2v) is 6.13. The zero-order chi connectivity index (χ0) is 11.7. The quantitative estimate of drug-likeness (QED) is 0.802. The van der Waals surface area contributed by atoms with Gasteiger partial charge in [-0.15, -0.1) is 0 Å². The van der Waals surface area contributed by atoms with Gasteiger partial charge in [-0.1, -0.05) is 6.42 Å². The highest BCUT2D eigenvalue weighted by atomic mass is 32.2. The van der Waals surface area contributed by atoms with E-state index in [1.54, 1.807) is 0 Å². The average molecular weight is 242 g/mol. The van der Waals surface area contributed by atoms with Gasteiger partial charge < -0.3 is 4.90 Å². The lowest BCUT2D eigenvalue weighted by atomic mass is 9.93. The lowest BCUT2D eigenvalue weighted by molar-refractivity contribution is -0.132. The molecule has 2 aliphatic rings. The van der Waals surface area contributed by atoms with Crippen molar-refractivity contribution in [1.82, 2.24) is 10.2 Å². The molecule has 1 amide bonds. The van der Waals surface area contributed by atoms with Crippen LogP contribution in [0, 0.1) is 0 Å². The maximum atomic E-state index is 12.1. The van der Waals surface area contributed by atoms with Crippen LogP contribution in [0.25, 0.3) is 0 Å². The summed E-state index contributed by atoms with van der Waals surface area (Å²) in [6.07, 6.45) is 7.34. The third kappa shape index (κ3) is 2.23. The van der Waals surface area contributed by atoms with Crippen molar-refractivity contribution in [1.29, 1.82) is 0 Å². The molecule has 1 saturated heterocycles. The SMILES string of the molecule is CSC1CCCC(N2C(=O)C(C)NC2C)C1. The van der Waals surface area contributed by atoms with Gasteiger partial charge in [0.2, 0.25) is 5.91 Å². The number of hydrogen-bond acceptors (Lipinski definition) is 3. The molecule has 0 aromatic carbocycles. The summed E-state index contributed by atoms with van der Waals surface area (Å²) >= 11 is 1.95. The minimum absolute atomic E-state index is 0.00431. The van der Waals surface area contributed by atoms with E-state index in [-0.39, 0.29) is 12.2 Å². The summed E-state index contributed by atoms with van der Waals surface area (Å²) in [5.41, 5.74) is 0. The molecule has 16 heavy (non-hydrogen) atoms. The Bertz CT molecular complexity index is 272. The molecule has 0 aromatic rings. The molecule has 1 aliphatic heterocycles. The van der Waals surface area contributed by atoms with Crippen LogP contribution in [-0.2, 0) is 4.79 Å². The molecule has 1 saturated carbocycles. The third-order valence-electron chi connectivity index (χ3n) is 3.86. The van der Waals surface area contributed by atoms with Gasteiger partial charge >= 0.3 is 0 Å². The van der Waals surface area contributed by atoms with Crippen LogP contribution in [0.2, 0.25) is 0 Å². The fourth-order valence-electron chi connectivity index (χ4n) is 3.01. The summed E-state index contributed by atoms with van der Waals surface area (Å²) in [4.78, 5) is 14.2. The number of nitrogens with zero attached hydrogens (tertiary/aromatic N) is 1. The highest BCUT2D eigenvalue weighted by molar-refractivity contribution is 7.99. The van der Waals surface area contributed by atoms with Crippen molar-refractivity contribution < 1.29 is 4.79 Å². The average Bonchev–Trinajstić information content (AvgIpc) is 2.53. The van der Waals surface area contributed by atoms with Crippen LogP contribution in [0.3, 0.4) is 0 Å². The van der Waals surface area contributed by atoms with Crippen molar-refractivity contribution >= 4 is 17.7 Å². The fraction of sp³-hybridized carbons (Fsp3) is 0.917. The normalized spacial score (nSPS) is 40.4. The van der Waals surface area contributed by atoms with Gasteiger partial charge in [-0.3, -0.25) is 10.1 Å². The molecule has 92 valence electrons. The van der Waals surface area contributed by atoms with E-state index in [0.717, 1.165) is 5.25 Å². The van der Waals surface area contributed by atoms with Crippen LogP contribution in [0.15, 0.2) is 0 Å². The van der Waals surface area contributed by atoms with Crippen molar-refractivity contribution in [3.05, 3.63) is 0 Å². The van der Waals surface area contributed by atoms with Gasteiger partial charge in [0.25, 0.3) is 0 Å². The maximum Gasteiger partial charge on any atom is 0.240 e. The molecule has 1 N–H and O–H groups in total. The van der Waals surface area contributed by atoms with Crippen molar-refractivity contribution in [2.75, 3.05) is 6.26 Å². The van der Waals surface area contributed by atoms with Gasteiger partial charge in [-0.05, 0) is 39.4 Å². The van der Waals surface area contributed by atoms with Crippen LogP contribution in [0.5, 0.6) is 0 Å². The lowest BCUT2D eigenvalue weighted by Gasteiger charge is -2.36. The molecule has 0 radical (unpaired) electrons. The van der Waals surface area contributed by atoms with E-state index in [4.69, 9.17) is 0 Å². The number of hydrogen-bond donors (Lipinski definition) is 1. The van der Waals surface area contributed by atoms with Crippen LogP contribution in [-0.4, -0.2) is 40.6 Å². The van der Waals surface area contributed by atoms with Gasteiger partial charge in [0.1, 0.15) is 0 Å². The second kappa shape index (κ2) is 4.96. The van der Waals surface area contributed by atoms with Crippen molar-refractivity contribution in [2.24, 2.45) is 0 Å². The molecule has 0 bridgehead atoms. The lowest BCUT2D eigenvalue weighted by Crippen LogP contribution is -2.45. The largest absolute Gasteiger partial charge is 0.323 e. The van der Waals surface area contributed by atoms with Gasteiger partial charge in [-0.25, -0.2) is 0 Å². The monoisotopic (exact) mass is 242 g/mol. The highest BCUT2D eigenvalue weighted by Gasteiger charge is 2.39. The Morgan fingerprint density at radius 1 is 1.38 bits per heavy atom. The number of rotatable bonds is 2. The molecule has 1 aliphatic carbocycles. The Labute approximate surface area is 102 Å². The molecule has 3 nitrogen and oxygen atoms in total. The van der Waals surface area contributed by atoms with Crippen LogP contribution in [0.1, 0.15) is 39.5 Å². The van der Waals surface area contributed by atoms with Gasteiger partial charge in [0, 0.05) is 11.3 Å². The number of nitrogens with one attached hydrogen (secondary N) is 1. The Morgan fingerprint density at radius 3 is 2.69 bits per heavy atom. The predicted molar refractivity (Wildman–Crippen MR) is 68.5 cm³/mol. The number of amides is 1. The van der Waals surface area contributed by atoms with Gasteiger partial charge in [0.05, 0.1) is 12.2 Å². The molecule has 4 heteroatoms. The first-order valence-corrected chi connectivity index (χ1v) is 7.53. The van der Waals surface area contributed by atoms with Crippen LogP contribution >= 0.6 is 11.8 Å². The van der Waals surface area contributed by atoms with E-state index in [2.05, 4.69) is 23.4 Å². The first-order chi connectivity index (χ1) is 7.63. The Balaban J connectivity index is 2.03. The molecule has 0 aromatic heterocycles. The standard InChI is InChI=1S/C12H22N2OS/c1-8-12(15)14(9(2)13-8)10-5-4-6-11(7-10)16-3/h8-11,13H,4-7H2,1-3H3. The fourth-order valence-corrected chi connectivity index (χ4v) is 3.83. The smallest absolute Gasteiger partial charge is 0.240 e. The summed E-state index contributed by atoms with van der Waals surface area (Å²) in [7, 11) is 0. The summed E-state index contributed by atoms with van der Waals surface area (Å²) < 4.78 is 0. The summed E-state index contributed by atoms with van der Waals surface area (Å²) in [6.45, 7) is 4.07. The zero-order valence-electron chi connectivity index (χ0n) is 10.4. The Hall–Kier alpha value is -0.220. The topological polar surface area (TPSA) is 32.3 Å². The minimum Gasteiger partial charge on any atom is -0.323 e. The predicted octanol–water partition coefficient (Wildman–Crippen LogP) is 1.83. The van der Waals surface area contributed by atoms with E-state index in [1.807, 2.05) is 18.7 Å². The minimum atomic E-state index is 0.00431. The molecule has 0 spiro atoms. The third-order valence-corrected chi connectivity index (χ3v) is 4.95. The number of thioether (sulfide) groups is 1. The number of carbonyl (C=O) groups excluding carboxylic acids is 1. The summed E-state index contributed by atoms with van der Waals surface area (Å²) in [5, 5.41) is 4.06. The Morgan fingerprint density at radius 2 is 2.12 bits per heavy atom. The first kappa shape index (κ1) is 12.2. The van der Waals surface area contributed by atoms with Crippen molar-refractivity contribution in [3.63, 3.8) is 0 Å². The van der Waals surface area contributed by atoms with Gasteiger partial charge in [0.15, 0.2) is 0 Å². The van der Waals surface area contributed by atoms with E-state index in [1.165, 1.54) is 25.7 Å². The Kier molecular flexibility index (Phi) is 3.80. The van der Waals surface area contributed by atoms with Crippen molar-refractivity contribution in [2.45, 2.75) is 63.0 Å². The van der Waals surface area contributed by atoms with E-state index in [9.17, 15) is 4.79 Å². The van der Waals surface area contributed by atoms with Crippen LogP contribution < -0.4 is 5.32 Å². The molecular weight excluding hydrogens is 220 g/mol. The molecule has 2 fully saturated rings. The highest BCUT2D eigenvalue weighted by Crippen LogP contribution is 2.32. The van der Waals surface area contributed by atoms with Crippen molar-refractivity contribution in [3.8, 4) is 0 Å². The second-order valence-electron chi connectivity index (χ2n) is 4.99. The maximum absolute atomic E-state index is 12.1. The molecule has 1 heterocycles. The number of carbonyl (C=O) groups is 1. The molecule has 4 atom stereocenters. The summed E-state index contributed by atoms with van der Waals surface area (Å²) in [5.74, 6) is 0.291. The van der Waals surface area contributed by atoms with Crippen LogP contribution in [0.4, 0.5) is 0 Å². The molecular formula is C12H22N2OS. The molecule has 4 unspecified atom stereocenters. The molecule has 2 rings (SSSR count).